The first kappa shape index (κ1) is 14.9. The molecule has 112 valence electrons. The summed E-state index contributed by atoms with van der Waals surface area (Å²) in [5.74, 6) is -3.12. The fraction of sp³-hybridized carbons (Fsp3) is 0.267. The van der Waals surface area contributed by atoms with Crippen molar-refractivity contribution in [2.24, 2.45) is 5.92 Å². The molecule has 0 spiro atoms. The highest BCUT2D eigenvalue weighted by atomic mass is 35.5. The van der Waals surface area contributed by atoms with Gasteiger partial charge in [-0.25, -0.2) is 4.39 Å². The number of nitrogens with zero attached hydrogens (tertiary/aromatic N) is 1. The number of ketones is 1. The Bertz CT molecular complexity index is 823. The monoisotopic (exact) mass is 336 g/mol. The average molecular weight is 337 g/mol. The summed E-state index contributed by atoms with van der Waals surface area (Å²) in [6, 6.07) is 5.78. The fourth-order valence-corrected chi connectivity index (χ4v) is 3.60. The topological polar surface area (TPSA) is 70.0 Å². The summed E-state index contributed by atoms with van der Waals surface area (Å²) in [6.45, 7) is 0. The molecule has 0 aliphatic heterocycles. The molecule has 2 aromatic rings. The molecule has 1 amide bonds. The average Bonchev–Trinajstić information content (AvgIpc) is 3.22. The molecule has 0 unspecified atom stereocenters. The number of hydrogen-bond donors (Lipinski definition) is 1. The highest BCUT2D eigenvalue weighted by Crippen LogP contribution is 2.37. The van der Waals surface area contributed by atoms with Crippen molar-refractivity contribution in [3.05, 3.63) is 33.9 Å². The van der Waals surface area contributed by atoms with Crippen LogP contribution in [-0.4, -0.2) is 17.7 Å². The van der Waals surface area contributed by atoms with E-state index >= 15 is 0 Å². The molecule has 1 N–H and O–H groups in total. The number of fused-ring (bicyclic) bond motifs is 1. The lowest BCUT2D eigenvalue weighted by atomic mass is 10.0. The van der Waals surface area contributed by atoms with E-state index < -0.39 is 23.4 Å². The van der Waals surface area contributed by atoms with Crippen molar-refractivity contribution < 1.29 is 14.0 Å². The molecule has 0 radical (unpaired) electrons. The van der Waals surface area contributed by atoms with Crippen LogP contribution in [0.5, 0.6) is 0 Å². The van der Waals surface area contributed by atoms with Gasteiger partial charge >= 0.3 is 0 Å². The Hall–Kier alpha value is -1.97. The van der Waals surface area contributed by atoms with E-state index in [0.29, 0.717) is 10.1 Å². The second kappa shape index (κ2) is 5.67. The molecule has 1 heterocycles. The summed E-state index contributed by atoms with van der Waals surface area (Å²) in [6.07, 6.45) is 1.72. The summed E-state index contributed by atoms with van der Waals surface area (Å²) < 4.78 is 13.8. The zero-order valence-electron chi connectivity index (χ0n) is 11.2. The fourth-order valence-electron chi connectivity index (χ4n) is 2.08. The lowest BCUT2D eigenvalue weighted by molar-refractivity contribution is -0.122. The van der Waals surface area contributed by atoms with Crippen molar-refractivity contribution in [3.63, 3.8) is 0 Å². The van der Waals surface area contributed by atoms with Crippen molar-refractivity contribution in [1.29, 1.82) is 5.26 Å². The molecule has 0 saturated heterocycles. The van der Waals surface area contributed by atoms with Crippen LogP contribution >= 0.6 is 22.9 Å². The molecular formula is C15H10ClFN2O2S. The van der Waals surface area contributed by atoms with Crippen LogP contribution in [0.4, 0.5) is 4.39 Å². The van der Waals surface area contributed by atoms with Gasteiger partial charge in [-0.2, -0.15) is 5.26 Å². The summed E-state index contributed by atoms with van der Waals surface area (Å²) in [5, 5.41) is 12.5. The van der Waals surface area contributed by atoms with Crippen LogP contribution in [0.15, 0.2) is 18.2 Å². The third-order valence-electron chi connectivity index (χ3n) is 3.39. The minimum atomic E-state index is -1.43. The third-order valence-corrected chi connectivity index (χ3v) is 5.06. The number of thiophene rings is 1. The van der Waals surface area contributed by atoms with Crippen LogP contribution in [-0.2, 0) is 4.79 Å². The second-order valence-corrected chi connectivity index (χ2v) is 6.53. The van der Waals surface area contributed by atoms with Gasteiger partial charge in [0.25, 0.3) is 0 Å². The van der Waals surface area contributed by atoms with E-state index in [-0.39, 0.29) is 15.9 Å². The zero-order valence-corrected chi connectivity index (χ0v) is 12.8. The Balaban J connectivity index is 1.94. The van der Waals surface area contributed by atoms with E-state index in [1.54, 1.807) is 6.07 Å². The predicted molar refractivity (Wildman–Crippen MR) is 81.4 cm³/mol. The standard InChI is InChI=1S/C15H10ClFN2O2S/c16-12-9-4-1-7(17)5-11(9)22-14(12)13(20)10(6-18)15(21)19-8-2-3-8/h1,4-5,8,10H,2-3H2,(H,19,21)/t10-/m0/s1. The first-order valence-electron chi connectivity index (χ1n) is 6.63. The molecule has 22 heavy (non-hydrogen) atoms. The zero-order chi connectivity index (χ0) is 15.9. The Labute approximate surface area is 134 Å². The molecule has 7 heteroatoms. The van der Waals surface area contributed by atoms with E-state index in [4.69, 9.17) is 16.9 Å². The Morgan fingerprint density at radius 3 is 2.82 bits per heavy atom. The molecule has 1 aliphatic carbocycles. The van der Waals surface area contributed by atoms with E-state index in [9.17, 15) is 14.0 Å². The summed E-state index contributed by atoms with van der Waals surface area (Å²) >= 11 is 7.14. The van der Waals surface area contributed by atoms with Crippen LogP contribution in [0, 0.1) is 23.1 Å². The van der Waals surface area contributed by atoms with Crippen LogP contribution in [0.1, 0.15) is 22.5 Å². The van der Waals surface area contributed by atoms with Gasteiger partial charge in [0, 0.05) is 16.1 Å². The highest BCUT2D eigenvalue weighted by Gasteiger charge is 2.34. The summed E-state index contributed by atoms with van der Waals surface area (Å²) in [5.41, 5.74) is 0. The van der Waals surface area contributed by atoms with Gasteiger partial charge in [0.2, 0.25) is 11.7 Å². The predicted octanol–water partition coefficient (Wildman–Crippen LogP) is 3.29. The molecule has 1 atom stereocenters. The van der Waals surface area contributed by atoms with Crippen molar-refractivity contribution in [3.8, 4) is 6.07 Å². The summed E-state index contributed by atoms with van der Waals surface area (Å²) in [7, 11) is 0. The molecule has 1 fully saturated rings. The van der Waals surface area contributed by atoms with Gasteiger partial charge in [0.1, 0.15) is 5.82 Å². The quantitative estimate of drug-likeness (QED) is 0.688. The lowest BCUT2D eigenvalue weighted by Gasteiger charge is -2.07. The molecule has 1 aromatic carbocycles. The number of nitriles is 1. The number of carbonyl (C=O) groups excluding carboxylic acids is 2. The molecule has 3 rings (SSSR count). The number of amides is 1. The maximum Gasteiger partial charge on any atom is 0.245 e. The van der Waals surface area contributed by atoms with Gasteiger partial charge in [0.15, 0.2) is 5.92 Å². The van der Waals surface area contributed by atoms with Crippen LogP contribution < -0.4 is 5.32 Å². The lowest BCUT2D eigenvalue weighted by Crippen LogP contribution is -2.35. The van der Waals surface area contributed by atoms with Crippen LogP contribution in [0.25, 0.3) is 10.1 Å². The van der Waals surface area contributed by atoms with Gasteiger partial charge in [-0.15, -0.1) is 11.3 Å². The molecule has 0 bridgehead atoms. The van der Waals surface area contributed by atoms with Gasteiger partial charge in [0.05, 0.1) is 16.0 Å². The normalized spacial score (nSPS) is 15.3. The maximum atomic E-state index is 13.2. The second-order valence-electron chi connectivity index (χ2n) is 5.09. The molecule has 1 aliphatic rings. The van der Waals surface area contributed by atoms with Crippen molar-refractivity contribution in [2.45, 2.75) is 18.9 Å². The third kappa shape index (κ3) is 2.70. The number of Topliss-reactive ketones (excluding diaryl/α,β-unsaturated/α-hetero) is 1. The van der Waals surface area contributed by atoms with Gasteiger partial charge in [-0.05, 0) is 31.0 Å². The number of carbonyl (C=O) groups is 2. The van der Waals surface area contributed by atoms with E-state index in [0.717, 1.165) is 24.2 Å². The number of nitrogens with one attached hydrogen (secondary N) is 1. The Morgan fingerprint density at radius 2 is 2.18 bits per heavy atom. The van der Waals surface area contributed by atoms with Crippen molar-refractivity contribution in [2.75, 3.05) is 0 Å². The SMILES string of the molecule is N#C[C@H](C(=O)NC1CC1)C(=O)c1sc2cc(F)ccc2c1Cl. The minimum Gasteiger partial charge on any atom is -0.352 e. The van der Waals surface area contributed by atoms with E-state index in [2.05, 4.69) is 5.32 Å². The number of hydrogen-bond acceptors (Lipinski definition) is 4. The number of halogens is 2. The first-order valence-corrected chi connectivity index (χ1v) is 7.82. The summed E-state index contributed by atoms with van der Waals surface area (Å²) in [4.78, 5) is 24.5. The van der Waals surface area contributed by atoms with Crippen molar-refractivity contribution in [1.82, 2.24) is 5.32 Å². The van der Waals surface area contributed by atoms with E-state index in [1.807, 2.05) is 0 Å². The highest BCUT2D eigenvalue weighted by molar-refractivity contribution is 7.21. The Kier molecular flexibility index (Phi) is 3.85. The molecular weight excluding hydrogens is 327 g/mol. The molecule has 1 saturated carbocycles. The minimum absolute atomic E-state index is 0.0584. The van der Waals surface area contributed by atoms with E-state index in [1.165, 1.54) is 18.2 Å². The van der Waals surface area contributed by atoms with Gasteiger partial charge in [-0.3, -0.25) is 9.59 Å². The number of rotatable bonds is 4. The maximum absolute atomic E-state index is 13.2. The smallest absolute Gasteiger partial charge is 0.245 e. The molecule has 4 nitrogen and oxygen atoms in total. The first-order chi connectivity index (χ1) is 10.5. The van der Waals surface area contributed by atoms with Crippen LogP contribution in [0.2, 0.25) is 5.02 Å². The van der Waals surface area contributed by atoms with Crippen LogP contribution in [0.3, 0.4) is 0 Å². The molecule has 1 aromatic heterocycles. The van der Waals surface area contributed by atoms with Crippen molar-refractivity contribution >= 4 is 44.7 Å². The number of benzene rings is 1. The van der Waals surface area contributed by atoms with Gasteiger partial charge in [-0.1, -0.05) is 11.6 Å². The largest absolute Gasteiger partial charge is 0.352 e. The van der Waals surface area contributed by atoms with Gasteiger partial charge < -0.3 is 5.32 Å². The Morgan fingerprint density at radius 1 is 1.45 bits per heavy atom.